The van der Waals surface area contributed by atoms with Crippen molar-refractivity contribution in [2.75, 3.05) is 0 Å². The van der Waals surface area contributed by atoms with Gasteiger partial charge in [-0.25, -0.2) is 0 Å². The van der Waals surface area contributed by atoms with Gasteiger partial charge in [-0.2, -0.15) is 0 Å². The molecule has 0 spiro atoms. The molecule has 19 heavy (non-hydrogen) atoms. The minimum absolute atomic E-state index is 0.0614. The molecule has 2 aliphatic rings. The van der Waals surface area contributed by atoms with Crippen molar-refractivity contribution in [3.05, 3.63) is 29.3 Å². The normalized spacial score (nSPS) is 24.4. The van der Waals surface area contributed by atoms with Gasteiger partial charge in [0.2, 0.25) is 0 Å². The molecule has 1 fully saturated rings. The molecule has 1 aromatic rings. The molecular formula is C17H25NO. The van der Waals surface area contributed by atoms with E-state index in [-0.39, 0.29) is 11.1 Å². The molecule has 0 bridgehead atoms. The fourth-order valence-corrected chi connectivity index (χ4v) is 3.51. The maximum absolute atomic E-state index is 6.71. The summed E-state index contributed by atoms with van der Waals surface area (Å²) >= 11 is 0. The number of rotatable bonds is 1. The Morgan fingerprint density at radius 1 is 1.05 bits per heavy atom. The largest absolute Gasteiger partial charge is 0.487 e. The van der Waals surface area contributed by atoms with Gasteiger partial charge in [0.25, 0.3) is 0 Å². The first-order chi connectivity index (χ1) is 9.00. The first-order valence-electron chi connectivity index (χ1n) is 7.61. The number of ether oxygens (including phenoxy) is 1. The Balaban J connectivity index is 2.03. The van der Waals surface area contributed by atoms with E-state index in [1.54, 1.807) is 0 Å². The van der Waals surface area contributed by atoms with Crippen LogP contribution in [0.4, 0.5) is 0 Å². The summed E-state index contributed by atoms with van der Waals surface area (Å²) in [7, 11) is 0. The van der Waals surface area contributed by atoms with Crippen LogP contribution < -0.4 is 10.5 Å². The maximum Gasteiger partial charge on any atom is 0.128 e. The second-order valence-corrected chi connectivity index (χ2v) is 6.87. The number of nitrogens with two attached hydrogens (primary N) is 1. The Hall–Kier alpha value is -1.02. The zero-order valence-electron chi connectivity index (χ0n) is 12.2. The summed E-state index contributed by atoms with van der Waals surface area (Å²) in [5.74, 6) is 1.09. The molecule has 0 amide bonds. The van der Waals surface area contributed by atoms with Crippen LogP contribution in [0.25, 0.3) is 0 Å². The summed E-state index contributed by atoms with van der Waals surface area (Å²) in [6.07, 6.45) is 8.17. The number of hydrogen-bond acceptors (Lipinski definition) is 2. The molecule has 2 heteroatoms. The fourth-order valence-electron chi connectivity index (χ4n) is 3.51. The molecule has 1 aromatic carbocycles. The number of benzene rings is 1. The molecule has 104 valence electrons. The predicted molar refractivity (Wildman–Crippen MR) is 78.4 cm³/mol. The molecule has 0 unspecified atom stereocenters. The monoisotopic (exact) mass is 259 g/mol. The number of fused-ring (bicyclic) bond motifs is 1. The third kappa shape index (κ3) is 2.38. The van der Waals surface area contributed by atoms with Gasteiger partial charge in [-0.15, -0.1) is 0 Å². The van der Waals surface area contributed by atoms with Gasteiger partial charge in [0.15, 0.2) is 0 Å². The van der Waals surface area contributed by atoms with Crippen LogP contribution in [0, 0.1) is 0 Å². The highest BCUT2D eigenvalue weighted by molar-refractivity contribution is 5.47. The van der Waals surface area contributed by atoms with Crippen LogP contribution in [0.5, 0.6) is 5.75 Å². The predicted octanol–water partition coefficient (Wildman–Crippen LogP) is 3.91. The molecule has 2 N–H and O–H groups in total. The van der Waals surface area contributed by atoms with Crippen molar-refractivity contribution in [2.45, 2.75) is 69.9 Å². The topological polar surface area (TPSA) is 35.2 Å². The first kappa shape index (κ1) is 13.0. The van der Waals surface area contributed by atoms with E-state index in [4.69, 9.17) is 10.5 Å². The Morgan fingerprint density at radius 2 is 1.79 bits per heavy atom. The summed E-state index contributed by atoms with van der Waals surface area (Å²) in [6.45, 7) is 4.35. The second-order valence-electron chi connectivity index (χ2n) is 6.87. The van der Waals surface area contributed by atoms with Crippen molar-refractivity contribution in [2.24, 2.45) is 5.73 Å². The summed E-state index contributed by atoms with van der Waals surface area (Å²) in [5.41, 5.74) is 9.07. The van der Waals surface area contributed by atoms with Gasteiger partial charge in [0.1, 0.15) is 11.4 Å². The lowest BCUT2D eigenvalue weighted by Gasteiger charge is -2.40. The first-order valence-corrected chi connectivity index (χ1v) is 7.61. The smallest absolute Gasteiger partial charge is 0.128 e. The zero-order chi connectivity index (χ0) is 13.5. The van der Waals surface area contributed by atoms with Crippen molar-refractivity contribution >= 4 is 0 Å². The van der Waals surface area contributed by atoms with Crippen molar-refractivity contribution in [1.82, 2.24) is 0 Å². The summed E-state index contributed by atoms with van der Waals surface area (Å²) in [4.78, 5) is 0. The van der Waals surface area contributed by atoms with Crippen LogP contribution in [-0.4, -0.2) is 5.60 Å². The Kier molecular flexibility index (Phi) is 3.09. The van der Waals surface area contributed by atoms with E-state index in [0.717, 1.165) is 31.4 Å². The van der Waals surface area contributed by atoms with Gasteiger partial charge >= 0.3 is 0 Å². The van der Waals surface area contributed by atoms with Crippen molar-refractivity contribution in [3.8, 4) is 5.75 Å². The minimum Gasteiger partial charge on any atom is -0.487 e. The van der Waals surface area contributed by atoms with Crippen LogP contribution in [-0.2, 0) is 12.0 Å². The summed E-state index contributed by atoms with van der Waals surface area (Å²) < 4.78 is 6.29. The van der Waals surface area contributed by atoms with E-state index in [1.165, 1.54) is 30.4 Å². The standard InChI is InChI=1S/C17H25NO/c1-16(2)12-9-13-7-6-8-14(15(13)19-16)17(18)10-4-3-5-11-17/h6-8H,3-5,9-12,18H2,1-2H3. The Morgan fingerprint density at radius 3 is 2.53 bits per heavy atom. The molecule has 3 rings (SSSR count). The Bertz CT molecular complexity index is 472. The average Bonchev–Trinajstić information content (AvgIpc) is 2.38. The molecule has 1 aliphatic heterocycles. The SMILES string of the molecule is CC1(C)CCc2cccc(C3(N)CCCCC3)c2O1. The Labute approximate surface area is 116 Å². The molecule has 1 saturated carbocycles. The lowest BCUT2D eigenvalue weighted by atomic mass is 9.76. The van der Waals surface area contributed by atoms with E-state index < -0.39 is 0 Å². The summed E-state index contributed by atoms with van der Waals surface area (Å²) in [5, 5.41) is 0. The molecule has 1 heterocycles. The van der Waals surface area contributed by atoms with E-state index >= 15 is 0 Å². The quantitative estimate of drug-likeness (QED) is 0.830. The van der Waals surface area contributed by atoms with Crippen molar-refractivity contribution in [1.29, 1.82) is 0 Å². The zero-order valence-corrected chi connectivity index (χ0v) is 12.2. The van der Waals surface area contributed by atoms with Gasteiger partial charge in [0, 0.05) is 11.1 Å². The van der Waals surface area contributed by atoms with E-state index in [9.17, 15) is 0 Å². The molecule has 1 aliphatic carbocycles. The number of para-hydroxylation sites is 1. The third-order valence-corrected chi connectivity index (χ3v) is 4.75. The van der Waals surface area contributed by atoms with E-state index in [1.807, 2.05) is 0 Å². The maximum atomic E-state index is 6.71. The van der Waals surface area contributed by atoms with Crippen LogP contribution >= 0.6 is 0 Å². The van der Waals surface area contributed by atoms with Crippen molar-refractivity contribution < 1.29 is 4.74 Å². The molecule has 0 atom stereocenters. The van der Waals surface area contributed by atoms with Crippen LogP contribution in [0.2, 0.25) is 0 Å². The van der Waals surface area contributed by atoms with Crippen molar-refractivity contribution in [3.63, 3.8) is 0 Å². The van der Waals surface area contributed by atoms with Crippen LogP contribution in [0.3, 0.4) is 0 Å². The van der Waals surface area contributed by atoms with Gasteiger partial charge in [-0.3, -0.25) is 0 Å². The molecular weight excluding hydrogens is 234 g/mol. The highest BCUT2D eigenvalue weighted by Gasteiger charge is 2.36. The van der Waals surface area contributed by atoms with Crippen LogP contribution in [0.15, 0.2) is 18.2 Å². The van der Waals surface area contributed by atoms with E-state index in [2.05, 4.69) is 32.0 Å². The van der Waals surface area contributed by atoms with Gasteiger partial charge in [-0.1, -0.05) is 37.5 Å². The number of aryl methyl sites for hydroxylation is 1. The molecule has 0 aromatic heterocycles. The molecule has 0 saturated heterocycles. The lowest BCUT2D eigenvalue weighted by molar-refractivity contribution is 0.0802. The second kappa shape index (κ2) is 4.52. The molecule has 0 radical (unpaired) electrons. The summed E-state index contributed by atoms with van der Waals surface area (Å²) in [6, 6.07) is 6.53. The van der Waals surface area contributed by atoms with Gasteiger partial charge in [-0.05, 0) is 45.1 Å². The minimum atomic E-state index is -0.170. The lowest BCUT2D eigenvalue weighted by Crippen LogP contribution is -2.41. The van der Waals surface area contributed by atoms with Gasteiger partial charge < -0.3 is 10.5 Å². The third-order valence-electron chi connectivity index (χ3n) is 4.75. The molecule has 2 nitrogen and oxygen atoms in total. The highest BCUT2D eigenvalue weighted by atomic mass is 16.5. The number of hydrogen-bond donors (Lipinski definition) is 1. The average molecular weight is 259 g/mol. The van der Waals surface area contributed by atoms with E-state index in [0.29, 0.717) is 0 Å². The highest BCUT2D eigenvalue weighted by Crippen LogP contribution is 2.44. The fraction of sp³-hybridized carbons (Fsp3) is 0.647. The van der Waals surface area contributed by atoms with Gasteiger partial charge in [0.05, 0.1) is 0 Å². The van der Waals surface area contributed by atoms with Crippen LogP contribution in [0.1, 0.15) is 63.5 Å².